The summed E-state index contributed by atoms with van der Waals surface area (Å²) in [6.45, 7) is 4.00. The van der Waals surface area contributed by atoms with E-state index in [2.05, 4.69) is 20.6 Å². The van der Waals surface area contributed by atoms with Crippen LogP contribution >= 0.6 is 0 Å². The van der Waals surface area contributed by atoms with E-state index in [0.29, 0.717) is 49.1 Å². The Hall–Kier alpha value is -3.49. The topological polar surface area (TPSA) is 108 Å². The number of nitrogens with one attached hydrogen (secondary N) is 2. The smallest absolute Gasteiger partial charge is 0.258 e. The van der Waals surface area contributed by atoms with Gasteiger partial charge < -0.3 is 20.4 Å². The fraction of sp³-hybridized carbons (Fsp3) is 0.278. The zero-order valence-electron chi connectivity index (χ0n) is 14.9. The van der Waals surface area contributed by atoms with Gasteiger partial charge in [0.1, 0.15) is 0 Å². The summed E-state index contributed by atoms with van der Waals surface area (Å²) in [5.41, 5.74) is 1.60. The normalized spacial score (nSPS) is 13.8. The van der Waals surface area contributed by atoms with Gasteiger partial charge in [0.2, 0.25) is 18.3 Å². The standard InChI is InChI=1S/C18H20N6O3/c1-13(26)21-15-2-4-16(5-3-15)22-17(27)14-10-19-18(20-11-14)24-8-6-23(12-25)7-9-24/h2-5,10-12H,6-9H2,1H3,(H,21,26)(H,22,27). The highest BCUT2D eigenvalue weighted by molar-refractivity contribution is 6.04. The van der Waals surface area contributed by atoms with Gasteiger partial charge in [-0.15, -0.1) is 0 Å². The molecule has 9 heteroatoms. The minimum atomic E-state index is -0.320. The van der Waals surface area contributed by atoms with Gasteiger partial charge in [0.05, 0.1) is 5.56 Å². The van der Waals surface area contributed by atoms with Crippen molar-refractivity contribution in [2.45, 2.75) is 6.92 Å². The number of amides is 3. The first-order valence-electron chi connectivity index (χ1n) is 8.50. The zero-order chi connectivity index (χ0) is 19.2. The summed E-state index contributed by atoms with van der Waals surface area (Å²) in [6.07, 6.45) is 3.80. The fourth-order valence-electron chi connectivity index (χ4n) is 2.67. The third kappa shape index (κ3) is 4.78. The maximum atomic E-state index is 12.3. The lowest BCUT2D eigenvalue weighted by molar-refractivity contribution is -0.118. The van der Waals surface area contributed by atoms with E-state index in [4.69, 9.17) is 0 Å². The third-order valence-corrected chi connectivity index (χ3v) is 4.11. The number of nitrogens with zero attached hydrogens (tertiary/aromatic N) is 4. The maximum absolute atomic E-state index is 12.3. The number of piperazine rings is 1. The maximum Gasteiger partial charge on any atom is 0.258 e. The second kappa shape index (κ2) is 8.26. The van der Waals surface area contributed by atoms with Crippen LogP contribution in [0.5, 0.6) is 0 Å². The Bertz CT molecular complexity index is 814. The molecule has 1 aromatic carbocycles. The van der Waals surface area contributed by atoms with Crippen LogP contribution in [-0.4, -0.2) is 59.3 Å². The van der Waals surface area contributed by atoms with Crippen LogP contribution in [0.3, 0.4) is 0 Å². The van der Waals surface area contributed by atoms with E-state index in [1.165, 1.54) is 19.3 Å². The van der Waals surface area contributed by atoms with Crippen LogP contribution in [0.2, 0.25) is 0 Å². The first kappa shape index (κ1) is 18.3. The van der Waals surface area contributed by atoms with Crippen molar-refractivity contribution in [2.75, 3.05) is 41.7 Å². The Morgan fingerprint density at radius 3 is 2.04 bits per heavy atom. The van der Waals surface area contributed by atoms with Gasteiger partial charge in [-0.05, 0) is 24.3 Å². The number of hydrogen-bond acceptors (Lipinski definition) is 6. The summed E-state index contributed by atoms with van der Waals surface area (Å²) in [5.74, 6) is 0.0629. The molecule has 1 aliphatic heterocycles. The van der Waals surface area contributed by atoms with Gasteiger partial charge >= 0.3 is 0 Å². The van der Waals surface area contributed by atoms with E-state index in [0.717, 1.165) is 6.41 Å². The van der Waals surface area contributed by atoms with Gasteiger partial charge in [0.25, 0.3) is 5.91 Å². The van der Waals surface area contributed by atoms with Gasteiger partial charge in [-0.3, -0.25) is 14.4 Å². The van der Waals surface area contributed by atoms with Crippen molar-refractivity contribution in [3.05, 3.63) is 42.2 Å². The fourth-order valence-corrected chi connectivity index (χ4v) is 2.67. The number of rotatable bonds is 5. The molecule has 9 nitrogen and oxygen atoms in total. The molecule has 3 amide bonds. The number of carbonyl (C=O) groups is 3. The summed E-state index contributed by atoms with van der Waals surface area (Å²) in [6, 6.07) is 6.81. The highest BCUT2D eigenvalue weighted by atomic mass is 16.2. The Kier molecular flexibility index (Phi) is 5.60. The highest BCUT2D eigenvalue weighted by Gasteiger charge is 2.18. The number of anilines is 3. The summed E-state index contributed by atoms with van der Waals surface area (Å²) < 4.78 is 0. The second-order valence-corrected chi connectivity index (χ2v) is 6.11. The van der Waals surface area contributed by atoms with Crippen LogP contribution in [0.1, 0.15) is 17.3 Å². The van der Waals surface area contributed by atoms with Crippen LogP contribution in [0.25, 0.3) is 0 Å². The molecule has 1 saturated heterocycles. The molecule has 1 aliphatic rings. The van der Waals surface area contributed by atoms with Crippen molar-refractivity contribution >= 4 is 35.5 Å². The van der Waals surface area contributed by atoms with Crippen molar-refractivity contribution in [1.29, 1.82) is 0 Å². The van der Waals surface area contributed by atoms with Crippen molar-refractivity contribution < 1.29 is 14.4 Å². The van der Waals surface area contributed by atoms with Crippen molar-refractivity contribution in [3.8, 4) is 0 Å². The van der Waals surface area contributed by atoms with E-state index in [1.807, 2.05) is 4.90 Å². The number of carbonyl (C=O) groups excluding carboxylic acids is 3. The SMILES string of the molecule is CC(=O)Nc1ccc(NC(=O)c2cnc(N3CCN(C=O)CC3)nc2)cc1. The first-order valence-corrected chi connectivity index (χ1v) is 8.50. The molecule has 27 heavy (non-hydrogen) atoms. The van der Waals surface area contributed by atoms with E-state index >= 15 is 0 Å². The van der Waals surface area contributed by atoms with Crippen LogP contribution in [0.15, 0.2) is 36.7 Å². The molecule has 2 N–H and O–H groups in total. The molecule has 0 bridgehead atoms. The average Bonchev–Trinajstić information content (AvgIpc) is 2.69. The lowest BCUT2D eigenvalue weighted by Crippen LogP contribution is -2.46. The van der Waals surface area contributed by atoms with E-state index in [1.54, 1.807) is 29.2 Å². The predicted octanol–water partition coefficient (Wildman–Crippen LogP) is 0.966. The van der Waals surface area contributed by atoms with Crippen LogP contribution in [0, 0.1) is 0 Å². The van der Waals surface area contributed by atoms with Gasteiger partial charge in [-0.1, -0.05) is 0 Å². The Morgan fingerprint density at radius 1 is 0.963 bits per heavy atom. The molecule has 0 spiro atoms. The summed E-state index contributed by atoms with van der Waals surface area (Å²) in [4.78, 5) is 46.3. The number of benzene rings is 1. The largest absolute Gasteiger partial charge is 0.342 e. The third-order valence-electron chi connectivity index (χ3n) is 4.11. The molecule has 2 aromatic rings. The minimum Gasteiger partial charge on any atom is -0.342 e. The quantitative estimate of drug-likeness (QED) is 0.762. The van der Waals surface area contributed by atoms with Crippen molar-refractivity contribution in [2.24, 2.45) is 0 Å². The van der Waals surface area contributed by atoms with Crippen molar-refractivity contribution in [3.63, 3.8) is 0 Å². The van der Waals surface area contributed by atoms with Crippen LogP contribution in [0.4, 0.5) is 17.3 Å². The van der Waals surface area contributed by atoms with Gasteiger partial charge in [-0.2, -0.15) is 0 Å². The summed E-state index contributed by atoms with van der Waals surface area (Å²) in [7, 11) is 0. The van der Waals surface area contributed by atoms with Gasteiger partial charge in [-0.25, -0.2) is 9.97 Å². The lowest BCUT2D eigenvalue weighted by Gasteiger charge is -2.32. The predicted molar refractivity (Wildman–Crippen MR) is 101 cm³/mol. The molecule has 0 atom stereocenters. The van der Waals surface area contributed by atoms with Crippen LogP contribution < -0.4 is 15.5 Å². The highest BCUT2D eigenvalue weighted by Crippen LogP contribution is 2.15. The first-order chi connectivity index (χ1) is 13.0. The lowest BCUT2D eigenvalue weighted by atomic mass is 10.2. The second-order valence-electron chi connectivity index (χ2n) is 6.11. The van der Waals surface area contributed by atoms with Gasteiger partial charge in [0.15, 0.2) is 0 Å². The summed E-state index contributed by atoms with van der Waals surface area (Å²) >= 11 is 0. The molecule has 3 rings (SSSR count). The Balaban J connectivity index is 1.59. The summed E-state index contributed by atoms with van der Waals surface area (Å²) in [5, 5.41) is 5.42. The molecule has 0 unspecified atom stereocenters. The van der Waals surface area contributed by atoms with Crippen LogP contribution in [-0.2, 0) is 9.59 Å². The monoisotopic (exact) mass is 368 g/mol. The number of aromatic nitrogens is 2. The molecule has 1 fully saturated rings. The molecular weight excluding hydrogens is 348 g/mol. The van der Waals surface area contributed by atoms with Crippen molar-refractivity contribution in [1.82, 2.24) is 14.9 Å². The minimum absolute atomic E-state index is 0.156. The Labute approximate surface area is 156 Å². The number of hydrogen-bond donors (Lipinski definition) is 2. The van der Waals surface area contributed by atoms with E-state index < -0.39 is 0 Å². The molecule has 0 radical (unpaired) electrons. The Morgan fingerprint density at radius 2 is 1.52 bits per heavy atom. The molecule has 140 valence electrons. The van der Waals surface area contributed by atoms with E-state index in [-0.39, 0.29) is 11.8 Å². The van der Waals surface area contributed by atoms with Gasteiger partial charge in [0, 0.05) is 56.9 Å². The average molecular weight is 368 g/mol. The zero-order valence-corrected chi connectivity index (χ0v) is 14.9. The molecule has 0 aliphatic carbocycles. The molecule has 1 aromatic heterocycles. The molecular formula is C18H20N6O3. The molecule has 0 saturated carbocycles. The van der Waals surface area contributed by atoms with E-state index in [9.17, 15) is 14.4 Å². The molecule has 2 heterocycles.